The number of likely N-dealkylation sites (tertiary alicyclic amines) is 1. The van der Waals surface area contributed by atoms with E-state index in [2.05, 4.69) is 26.1 Å². The zero-order valence-corrected chi connectivity index (χ0v) is 11.9. The van der Waals surface area contributed by atoms with Crippen molar-refractivity contribution in [3.8, 4) is 0 Å². The summed E-state index contributed by atoms with van der Waals surface area (Å²) in [4.78, 5) is 14.3. The summed E-state index contributed by atoms with van der Waals surface area (Å²) in [7, 11) is 0. The molecule has 4 heteroatoms. The van der Waals surface area contributed by atoms with E-state index in [1.54, 1.807) is 0 Å². The van der Waals surface area contributed by atoms with Gasteiger partial charge in [-0.2, -0.15) is 0 Å². The third-order valence-electron chi connectivity index (χ3n) is 4.19. The summed E-state index contributed by atoms with van der Waals surface area (Å²) in [5.74, 6) is 0.918. The first-order valence-corrected chi connectivity index (χ1v) is 7.05. The predicted octanol–water partition coefficient (Wildman–Crippen LogP) is 1.26. The first kappa shape index (κ1) is 13.8. The van der Waals surface area contributed by atoms with Crippen LogP contribution < -0.4 is 5.32 Å². The van der Waals surface area contributed by atoms with E-state index in [4.69, 9.17) is 4.74 Å². The summed E-state index contributed by atoms with van der Waals surface area (Å²) in [5, 5.41) is 3.34. The van der Waals surface area contributed by atoms with Crippen molar-refractivity contribution in [1.82, 2.24) is 10.2 Å². The van der Waals surface area contributed by atoms with E-state index in [1.807, 2.05) is 4.90 Å². The number of amides is 1. The van der Waals surface area contributed by atoms with Gasteiger partial charge in [-0.1, -0.05) is 20.8 Å². The minimum absolute atomic E-state index is 0.208. The Kier molecular flexibility index (Phi) is 4.28. The number of carbonyl (C=O) groups excluding carboxylic acids is 1. The molecule has 18 heavy (non-hydrogen) atoms. The van der Waals surface area contributed by atoms with Crippen molar-refractivity contribution in [2.24, 2.45) is 11.3 Å². The highest BCUT2D eigenvalue weighted by molar-refractivity contribution is 5.77. The van der Waals surface area contributed by atoms with Crippen LogP contribution in [-0.2, 0) is 9.53 Å². The SMILES string of the molecule is CC(C)(C)C1CCN(C(=O)CC2COCCN2)C1. The molecule has 2 aliphatic rings. The van der Waals surface area contributed by atoms with Gasteiger partial charge in [-0.05, 0) is 17.8 Å². The number of rotatable bonds is 2. The molecule has 2 atom stereocenters. The lowest BCUT2D eigenvalue weighted by Crippen LogP contribution is -2.45. The van der Waals surface area contributed by atoms with Gasteiger partial charge in [0.2, 0.25) is 5.91 Å². The molecule has 2 fully saturated rings. The zero-order valence-electron chi connectivity index (χ0n) is 11.9. The molecule has 2 heterocycles. The molecule has 104 valence electrons. The van der Waals surface area contributed by atoms with Crippen LogP contribution in [0.15, 0.2) is 0 Å². The molecule has 0 radical (unpaired) electrons. The molecule has 0 aliphatic carbocycles. The van der Waals surface area contributed by atoms with Crippen molar-refractivity contribution < 1.29 is 9.53 Å². The maximum Gasteiger partial charge on any atom is 0.224 e. The van der Waals surface area contributed by atoms with Crippen LogP contribution in [0.25, 0.3) is 0 Å². The molecule has 4 nitrogen and oxygen atoms in total. The van der Waals surface area contributed by atoms with E-state index in [0.29, 0.717) is 24.4 Å². The second-order valence-electron chi connectivity index (χ2n) is 6.62. The Hall–Kier alpha value is -0.610. The van der Waals surface area contributed by atoms with E-state index >= 15 is 0 Å². The summed E-state index contributed by atoms with van der Waals surface area (Å²) in [6, 6.07) is 0.208. The van der Waals surface area contributed by atoms with Crippen molar-refractivity contribution in [3.05, 3.63) is 0 Å². The van der Waals surface area contributed by atoms with E-state index < -0.39 is 0 Å². The van der Waals surface area contributed by atoms with Crippen molar-refractivity contribution in [3.63, 3.8) is 0 Å². The summed E-state index contributed by atoms with van der Waals surface area (Å²) < 4.78 is 5.39. The van der Waals surface area contributed by atoms with E-state index in [0.717, 1.165) is 32.7 Å². The van der Waals surface area contributed by atoms with E-state index in [1.165, 1.54) is 0 Å². The van der Waals surface area contributed by atoms with Crippen LogP contribution in [0.3, 0.4) is 0 Å². The Morgan fingerprint density at radius 1 is 1.44 bits per heavy atom. The molecule has 0 spiro atoms. The minimum atomic E-state index is 0.208. The second-order valence-corrected chi connectivity index (χ2v) is 6.62. The van der Waals surface area contributed by atoms with Gasteiger partial charge >= 0.3 is 0 Å². The van der Waals surface area contributed by atoms with Crippen LogP contribution in [-0.4, -0.2) is 49.7 Å². The maximum atomic E-state index is 12.2. The van der Waals surface area contributed by atoms with Gasteiger partial charge in [0.15, 0.2) is 0 Å². The van der Waals surface area contributed by atoms with Crippen LogP contribution in [0.1, 0.15) is 33.6 Å². The average Bonchev–Trinajstić information content (AvgIpc) is 2.79. The van der Waals surface area contributed by atoms with Gasteiger partial charge in [0.05, 0.1) is 13.2 Å². The fraction of sp³-hybridized carbons (Fsp3) is 0.929. The lowest BCUT2D eigenvalue weighted by Gasteiger charge is -2.28. The maximum absolute atomic E-state index is 12.2. The molecule has 2 unspecified atom stereocenters. The number of ether oxygens (including phenoxy) is 1. The topological polar surface area (TPSA) is 41.6 Å². The summed E-state index contributed by atoms with van der Waals surface area (Å²) in [6.07, 6.45) is 1.72. The first-order chi connectivity index (χ1) is 8.47. The third kappa shape index (κ3) is 3.45. The van der Waals surface area contributed by atoms with Gasteiger partial charge < -0.3 is 15.0 Å². The first-order valence-electron chi connectivity index (χ1n) is 7.05. The lowest BCUT2D eigenvalue weighted by atomic mass is 9.80. The molecule has 0 bridgehead atoms. The molecule has 2 saturated heterocycles. The molecule has 2 aliphatic heterocycles. The summed E-state index contributed by atoms with van der Waals surface area (Å²) in [5.41, 5.74) is 0.307. The Balaban J connectivity index is 1.80. The van der Waals surface area contributed by atoms with Crippen molar-refractivity contribution in [2.45, 2.75) is 39.7 Å². The molecule has 1 amide bonds. The Labute approximate surface area is 110 Å². The van der Waals surface area contributed by atoms with Gasteiger partial charge in [-0.25, -0.2) is 0 Å². The molecule has 0 aromatic carbocycles. The number of nitrogens with zero attached hydrogens (tertiary/aromatic N) is 1. The normalized spacial score (nSPS) is 29.6. The van der Waals surface area contributed by atoms with Crippen molar-refractivity contribution in [1.29, 1.82) is 0 Å². The predicted molar refractivity (Wildman–Crippen MR) is 71.4 cm³/mol. The molecule has 1 N–H and O–H groups in total. The van der Waals surface area contributed by atoms with Crippen LogP contribution >= 0.6 is 0 Å². The smallest absolute Gasteiger partial charge is 0.224 e. The number of nitrogens with one attached hydrogen (secondary N) is 1. The monoisotopic (exact) mass is 254 g/mol. The highest BCUT2D eigenvalue weighted by Crippen LogP contribution is 2.33. The largest absolute Gasteiger partial charge is 0.378 e. The van der Waals surface area contributed by atoms with E-state index in [9.17, 15) is 4.79 Å². The summed E-state index contributed by atoms with van der Waals surface area (Å²) in [6.45, 7) is 10.9. The third-order valence-corrected chi connectivity index (χ3v) is 4.19. The minimum Gasteiger partial charge on any atom is -0.378 e. The van der Waals surface area contributed by atoms with E-state index in [-0.39, 0.29) is 11.9 Å². The Morgan fingerprint density at radius 2 is 2.22 bits per heavy atom. The molecule has 0 aromatic rings. The van der Waals surface area contributed by atoms with Crippen LogP contribution in [0, 0.1) is 11.3 Å². The van der Waals surface area contributed by atoms with Crippen molar-refractivity contribution >= 4 is 5.91 Å². The zero-order chi connectivity index (χ0) is 13.2. The molecule has 2 rings (SSSR count). The van der Waals surface area contributed by atoms with Gasteiger partial charge in [-0.3, -0.25) is 4.79 Å². The average molecular weight is 254 g/mol. The number of carbonyl (C=O) groups is 1. The number of hydrogen-bond donors (Lipinski definition) is 1. The lowest BCUT2D eigenvalue weighted by molar-refractivity contribution is -0.131. The molecular weight excluding hydrogens is 228 g/mol. The Bertz CT molecular complexity index is 293. The fourth-order valence-electron chi connectivity index (χ4n) is 2.78. The molecule has 0 aromatic heterocycles. The van der Waals surface area contributed by atoms with Gasteiger partial charge in [0.1, 0.15) is 0 Å². The highest BCUT2D eigenvalue weighted by Gasteiger charge is 2.34. The number of hydrogen-bond acceptors (Lipinski definition) is 3. The molecule has 0 saturated carbocycles. The number of morpholine rings is 1. The quantitative estimate of drug-likeness (QED) is 0.806. The van der Waals surface area contributed by atoms with Crippen LogP contribution in [0.4, 0.5) is 0 Å². The Morgan fingerprint density at radius 3 is 2.78 bits per heavy atom. The van der Waals surface area contributed by atoms with Gasteiger partial charge in [0, 0.05) is 32.1 Å². The van der Waals surface area contributed by atoms with Crippen LogP contribution in [0.2, 0.25) is 0 Å². The fourth-order valence-corrected chi connectivity index (χ4v) is 2.78. The standard InChI is InChI=1S/C14H26N2O2/c1-14(2,3)11-4-6-16(9-11)13(17)8-12-10-18-7-5-15-12/h11-12,15H,4-10H2,1-3H3. The summed E-state index contributed by atoms with van der Waals surface area (Å²) >= 11 is 0. The van der Waals surface area contributed by atoms with Crippen molar-refractivity contribution in [2.75, 3.05) is 32.8 Å². The second kappa shape index (κ2) is 5.57. The molecular formula is C14H26N2O2. The van der Waals surface area contributed by atoms with Gasteiger partial charge in [-0.15, -0.1) is 0 Å². The van der Waals surface area contributed by atoms with Crippen LogP contribution in [0.5, 0.6) is 0 Å². The van der Waals surface area contributed by atoms with Gasteiger partial charge in [0.25, 0.3) is 0 Å². The highest BCUT2D eigenvalue weighted by atomic mass is 16.5.